The molecular weight excluding hydrogens is 418 g/mol. The number of aromatic nitrogens is 1. The molecule has 0 spiro atoms. The van der Waals surface area contributed by atoms with Crippen molar-refractivity contribution in [2.75, 3.05) is 26.7 Å². The normalized spacial score (nSPS) is 18.1. The average molecular weight is 448 g/mol. The van der Waals surface area contributed by atoms with Crippen LogP contribution in [0.25, 0.3) is 11.3 Å². The first-order chi connectivity index (χ1) is 16.0. The molecule has 1 N–H and O–H groups in total. The fourth-order valence-electron chi connectivity index (χ4n) is 4.48. The Morgan fingerprint density at radius 3 is 2.73 bits per heavy atom. The van der Waals surface area contributed by atoms with Gasteiger partial charge in [0.25, 0.3) is 5.91 Å². The van der Waals surface area contributed by atoms with Gasteiger partial charge in [0.1, 0.15) is 17.2 Å². The standard InChI is InChI=1S/C26H29N3O4/c1-3-27-25(31)26(17-22-16-23(28-33-22)19-9-5-4-6-10-19)13-8-14-29(18-26)24(30)20-11-7-12-21(15-20)32-2/h4-7,9-12,15-16H,3,8,13-14,17-18H2,1-2H3,(H,27,31). The fourth-order valence-corrected chi connectivity index (χ4v) is 4.48. The maximum absolute atomic E-state index is 13.3. The predicted molar refractivity (Wildman–Crippen MR) is 125 cm³/mol. The van der Waals surface area contributed by atoms with E-state index in [2.05, 4.69) is 10.5 Å². The maximum Gasteiger partial charge on any atom is 0.254 e. The molecule has 2 aromatic carbocycles. The van der Waals surface area contributed by atoms with E-state index in [-0.39, 0.29) is 11.8 Å². The van der Waals surface area contributed by atoms with Crippen molar-refractivity contribution in [2.24, 2.45) is 5.41 Å². The number of piperidine rings is 1. The zero-order valence-electron chi connectivity index (χ0n) is 19.0. The van der Waals surface area contributed by atoms with Gasteiger partial charge in [0.15, 0.2) is 0 Å². The van der Waals surface area contributed by atoms with E-state index in [4.69, 9.17) is 9.26 Å². The molecule has 1 fully saturated rings. The number of hydrogen-bond acceptors (Lipinski definition) is 5. The molecule has 0 bridgehead atoms. The number of amides is 2. The van der Waals surface area contributed by atoms with Gasteiger partial charge in [-0.3, -0.25) is 9.59 Å². The van der Waals surface area contributed by atoms with E-state index in [1.54, 1.807) is 36.3 Å². The third-order valence-corrected chi connectivity index (χ3v) is 6.14. The maximum atomic E-state index is 13.3. The van der Waals surface area contributed by atoms with E-state index in [1.807, 2.05) is 43.3 Å². The van der Waals surface area contributed by atoms with Gasteiger partial charge in [0.05, 0.1) is 12.5 Å². The van der Waals surface area contributed by atoms with Crippen molar-refractivity contribution in [3.63, 3.8) is 0 Å². The lowest BCUT2D eigenvalue weighted by molar-refractivity contribution is -0.133. The molecule has 2 heterocycles. The van der Waals surface area contributed by atoms with Gasteiger partial charge < -0.3 is 19.5 Å². The first-order valence-corrected chi connectivity index (χ1v) is 11.3. The quantitative estimate of drug-likeness (QED) is 0.593. The minimum Gasteiger partial charge on any atom is -0.497 e. The van der Waals surface area contributed by atoms with Gasteiger partial charge in [0.2, 0.25) is 5.91 Å². The number of nitrogens with zero attached hydrogens (tertiary/aromatic N) is 2. The lowest BCUT2D eigenvalue weighted by atomic mass is 9.75. The van der Waals surface area contributed by atoms with Gasteiger partial charge in [-0.25, -0.2) is 0 Å². The highest BCUT2D eigenvalue weighted by Gasteiger charge is 2.44. The summed E-state index contributed by atoms with van der Waals surface area (Å²) in [7, 11) is 1.58. The topological polar surface area (TPSA) is 84.7 Å². The van der Waals surface area contributed by atoms with Crippen LogP contribution in [-0.4, -0.2) is 48.6 Å². The molecule has 0 aliphatic carbocycles. The zero-order chi connectivity index (χ0) is 23.3. The number of rotatable bonds is 7. The Balaban J connectivity index is 1.59. The van der Waals surface area contributed by atoms with Gasteiger partial charge in [-0.15, -0.1) is 0 Å². The molecule has 1 unspecified atom stereocenters. The lowest BCUT2D eigenvalue weighted by Gasteiger charge is -2.41. The first kappa shape index (κ1) is 22.6. The van der Waals surface area contributed by atoms with Gasteiger partial charge in [-0.2, -0.15) is 0 Å². The highest BCUT2D eigenvalue weighted by atomic mass is 16.5. The number of ether oxygens (including phenoxy) is 1. The van der Waals surface area contributed by atoms with Crippen molar-refractivity contribution < 1.29 is 18.8 Å². The van der Waals surface area contributed by atoms with E-state index in [0.717, 1.165) is 17.7 Å². The molecule has 4 rings (SSSR count). The first-order valence-electron chi connectivity index (χ1n) is 11.3. The Hall–Kier alpha value is -3.61. The van der Waals surface area contributed by atoms with Gasteiger partial charge in [-0.05, 0) is 38.0 Å². The van der Waals surface area contributed by atoms with E-state index >= 15 is 0 Å². The number of nitrogens with one attached hydrogen (secondary N) is 1. The molecule has 7 heteroatoms. The summed E-state index contributed by atoms with van der Waals surface area (Å²) in [6, 6.07) is 18.8. The number of hydrogen-bond donors (Lipinski definition) is 1. The molecule has 7 nitrogen and oxygen atoms in total. The van der Waals surface area contributed by atoms with Gasteiger partial charge >= 0.3 is 0 Å². The molecule has 1 aliphatic heterocycles. The van der Waals surface area contributed by atoms with Crippen molar-refractivity contribution >= 4 is 11.8 Å². The number of carbonyl (C=O) groups excluding carboxylic acids is 2. The van der Waals surface area contributed by atoms with Crippen LogP contribution < -0.4 is 10.1 Å². The summed E-state index contributed by atoms with van der Waals surface area (Å²) in [5.41, 5.74) is 1.46. The van der Waals surface area contributed by atoms with Gasteiger partial charge in [-0.1, -0.05) is 41.6 Å². The molecule has 0 radical (unpaired) electrons. The minimum absolute atomic E-state index is 0.0641. The monoisotopic (exact) mass is 447 g/mol. The van der Waals surface area contributed by atoms with Crippen molar-refractivity contribution in [2.45, 2.75) is 26.2 Å². The van der Waals surface area contributed by atoms with Gasteiger partial charge in [0, 0.05) is 43.2 Å². The molecule has 1 aromatic heterocycles. The second-order valence-electron chi connectivity index (χ2n) is 8.42. The molecule has 1 saturated heterocycles. The summed E-state index contributed by atoms with van der Waals surface area (Å²) in [4.78, 5) is 28.3. The van der Waals surface area contributed by atoms with Crippen LogP contribution in [0.2, 0.25) is 0 Å². The average Bonchev–Trinajstić information content (AvgIpc) is 3.32. The van der Waals surface area contributed by atoms with Crippen LogP contribution in [0.5, 0.6) is 5.75 Å². The summed E-state index contributed by atoms with van der Waals surface area (Å²) in [6.07, 6.45) is 1.77. The highest BCUT2D eigenvalue weighted by molar-refractivity contribution is 5.95. The summed E-state index contributed by atoms with van der Waals surface area (Å²) in [5, 5.41) is 7.18. The Kier molecular flexibility index (Phi) is 6.77. The van der Waals surface area contributed by atoms with Crippen LogP contribution in [0.15, 0.2) is 65.2 Å². The van der Waals surface area contributed by atoms with E-state index in [9.17, 15) is 9.59 Å². The molecule has 2 amide bonds. The van der Waals surface area contributed by atoms with E-state index in [0.29, 0.717) is 49.5 Å². The Labute approximate surface area is 193 Å². The molecular formula is C26H29N3O4. The Bertz CT molecular complexity index is 1110. The molecule has 1 aliphatic rings. The third-order valence-electron chi connectivity index (χ3n) is 6.14. The van der Waals surface area contributed by atoms with Crippen LogP contribution in [0, 0.1) is 5.41 Å². The second-order valence-corrected chi connectivity index (χ2v) is 8.42. The van der Waals surface area contributed by atoms with Crippen molar-refractivity contribution in [3.8, 4) is 17.0 Å². The van der Waals surface area contributed by atoms with Crippen molar-refractivity contribution in [3.05, 3.63) is 72.0 Å². The Morgan fingerprint density at radius 2 is 1.97 bits per heavy atom. The van der Waals surface area contributed by atoms with Crippen LogP contribution in [-0.2, 0) is 11.2 Å². The molecule has 3 aromatic rings. The number of benzene rings is 2. The van der Waals surface area contributed by atoms with Crippen molar-refractivity contribution in [1.82, 2.24) is 15.4 Å². The summed E-state index contributed by atoms with van der Waals surface area (Å²) < 4.78 is 10.9. The minimum atomic E-state index is -0.781. The van der Waals surface area contributed by atoms with Crippen LogP contribution in [0.4, 0.5) is 0 Å². The van der Waals surface area contributed by atoms with Crippen molar-refractivity contribution in [1.29, 1.82) is 0 Å². The highest BCUT2D eigenvalue weighted by Crippen LogP contribution is 2.36. The number of methoxy groups -OCH3 is 1. The predicted octanol–water partition coefficient (Wildman–Crippen LogP) is 3.95. The molecule has 1 atom stereocenters. The summed E-state index contributed by atoms with van der Waals surface area (Å²) >= 11 is 0. The van der Waals surface area contributed by atoms with Crippen LogP contribution >= 0.6 is 0 Å². The fraction of sp³-hybridized carbons (Fsp3) is 0.346. The SMILES string of the molecule is CCNC(=O)C1(Cc2cc(-c3ccccc3)no2)CCCN(C(=O)c2cccc(OC)c2)C1. The van der Waals surface area contributed by atoms with E-state index in [1.165, 1.54) is 0 Å². The second kappa shape index (κ2) is 9.90. The largest absolute Gasteiger partial charge is 0.497 e. The smallest absolute Gasteiger partial charge is 0.254 e. The van der Waals surface area contributed by atoms with Crippen LogP contribution in [0.1, 0.15) is 35.9 Å². The summed E-state index contributed by atoms with van der Waals surface area (Å²) in [5.74, 6) is 1.09. The van der Waals surface area contributed by atoms with Crippen LogP contribution in [0.3, 0.4) is 0 Å². The molecule has 172 valence electrons. The lowest BCUT2D eigenvalue weighted by Crippen LogP contribution is -2.54. The number of carbonyl (C=O) groups is 2. The number of likely N-dealkylation sites (tertiary alicyclic amines) is 1. The summed E-state index contributed by atoms with van der Waals surface area (Å²) in [6.45, 7) is 3.34. The zero-order valence-corrected chi connectivity index (χ0v) is 19.0. The third kappa shape index (κ3) is 4.92. The Morgan fingerprint density at radius 1 is 1.15 bits per heavy atom. The van der Waals surface area contributed by atoms with E-state index < -0.39 is 5.41 Å². The molecule has 33 heavy (non-hydrogen) atoms. The molecule has 0 saturated carbocycles.